The molecular formula is C62H114O6. The number of ether oxygens (including phenoxy) is 3. The van der Waals surface area contributed by atoms with Crippen molar-refractivity contribution in [1.29, 1.82) is 0 Å². The van der Waals surface area contributed by atoms with Crippen molar-refractivity contribution in [3.05, 3.63) is 36.5 Å². The Kier molecular flexibility index (Phi) is 55.2. The van der Waals surface area contributed by atoms with Crippen molar-refractivity contribution in [2.75, 3.05) is 13.2 Å². The Bertz CT molecular complexity index is 1140. The van der Waals surface area contributed by atoms with Crippen LogP contribution in [0.15, 0.2) is 36.5 Å². The number of allylic oxidation sites excluding steroid dienone is 6. The van der Waals surface area contributed by atoms with E-state index in [2.05, 4.69) is 57.2 Å². The average Bonchev–Trinajstić information content (AvgIpc) is 3.34. The number of esters is 3. The number of hydrogen-bond donors (Lipinski definition) is 0. The molecule has 0 heterocycles. The van der Waals surface area contributed by atoms with Crippen LogP contribution in [0.2, 0.25) is 0 Å². The van der Waals surface area contributed by atoms with Crippen LogP contribution in [0, 0.1) is 0 Å². The van der Waals surface area contributed by atoms with Gasteiger partial charge in [-0.1, -0.05) is 263 Å². The van der Waals surface area contributed by atoms with E-state index in [1.807, 2.05) is 0 Å². The Labute approximate surface area is 423 Å². The Morgan fingerprint density at radius 2 is 0.529 bits per heavy atom. The SMILES string of the molecule is CCCCCCC/C=C\C/C=C\CCCCCCCCCCCC(=O)OCC(COC(=O)CCCCCCCCCCCC)OC(=O)CCCCCCCCCCC/C=C\CCCCCCCC. The van der Waals surface area contributed by atoms with Gasteiger partial charge >= 0.3 is 17.9 Å². The summed E-state index contributed by atoms with van der Waals surface area (Å²) in [6.07, 6.45) is 68.6. The Morgan fingerprint density at radius 1 is 0.294 bits per heavy atom. The highest BCUT2D eigenvalue weighted by atomic mass is 16.6. The Morgan fingerprint density at radius 3 is 0.824 bits per heavy atom. The van der Waals surface area contributed by atoms with Gasteiger partial charge in [-0.05, 0) is 77.0 Å². The number of carbonyl (C=O) groups is 3. The zero-order valence-corrected chi connectivity index (χ0v) is 45.6. The zero-order chi connectivity index (χ0) is 49.3. The van der Waals surface area contributed by atoms with E-state index in [-0.39, 0.29) is 31.1 Å². The molecule has 0 rings (SSSR count). The van der Waals surface area contributed by atoms with Crippen molar-refractivity contribution >= 4 is 17.9 Å². The van der Waals surface area contributed by atoms with E-state index in [9.17, 15) is 14.4 Å². The highest BCUT2D eigenvalue weighted by Gasteiger charge is 2.19. The van der Waals surface area contributed by atoms with Crippen molar-refractivity contribution in [2.45, 2.75) is 329 Å². The van der Waals surface area contributed by atoms with E-state index in [1.165, 1.54) is 218 Å². The third-order valence-electron chi connectivity index (χ3n) is 13.4. The third kappa shape index (κ3) is 54.6. The molecule has 398 valence electrons. The van der Waals surface area contributed by atoms with Crippen LogP contribution in [0.25, 0.3) is 0 Å². The molecule has 0 aromatic carbocycles. The lowest BCUT2D eigenvalue weighted by Gasteiger charge is -2.18. The lowest BCUT2D eigenvalue weighted by molar-refractivity contribution is -0.167. The molecule has 0 spiro atoms. The number of rotatable bonds is 55. The van der Waals surface area contributed by atoms with Gasteiger partial charge in [0.25, 0.3) is 0 Å². The summed E-state index contributed by atoms with van der Waals surface area (Å²) >= 11 is 0. The van der Waals surface area contributed by atoms with Crippen LogP contribution < -0.4 is 0 Å². The van der Waals surface area contributed by atoms with Crippen LogP contribution in [0.5, 0.6) is 0 Å². The van der Waals surface area contributed by atoms with Gasteiger partial charge < -0.3 is 14.2 Å². The second-order valence-corrected chi connectivity index (χ2v) is 20.3. The molecule has 0 N–H and O–H groups in total. The van der Waals surface area contributed by atoms with Crippen LogP contribution in [-0.2, 0) is 28.6 Å². The molecule has 0 aliphatic rings. The fourth-order valence-corrected chi connectivity index (χ4v) is 8.82. The maximum Gasteiger partial charge on any atom is 0.306 e. The number of hydrogen-bond acceptors (Lipinski definition) is 6. The van der Waals surface area contributed by atoms with E-state index in [0.717, 1.165) is 64.2 Å². The molecule has 0 saturated carbocycles. The molecule has 0 amide bonds. The molecule has 6 nitrogen and oxygen atoms in total. The van der Waals surface area contributed by atoms with Gasteiger partial charge in [0.1, 0.15) is 13.2 Å². The molecule has 0 bridgehead atoms. The third-order valence-corrected chi connectivity index (χ3v) is 13.4. The zero-order valence-electron chi connectivity index (χ0n) is 45.6. The van der Waals surface area contributed by atoms with E-state index in [4.69, 9.17) is 14.2 Å². The minimum Gasteiger partial charge on any atom is -0.462 e. The molecule has 6 heteroatoms. The maximum atomic E-state index is 12.9. The fraction of sp³-hybridized carbons (Fsp3) is 0.855. The first-order chi connectivity index (χ1) is 33.5. The maximum absolute atomic E-state index is 12.9. The second kappa shape index (κ2) is 57.2. The van der Waals surface area contributed by atoms with Gasteiger partial charge in [-0.15, -0.1) is 0 Å². The van der Waals surface area contributed by atoms with E-state index >= 15 is 0 Å². The molecule has 0 fully saturated rings. The number of carbonyl (C=O) groups excluding carboxylic acids is 3. The van der Waals surface area contributed by atoms with Crippen LogP contribution in [0.4, 0.5) is 0 Å². The minimum atomic E-state index is -0.771. The molecule has 0 aliphatic carbocycles. The van der Waals surface area contributed by atoms with Crippen molar-refractivity contribution in [1.82, 2.24) is 0 Å². The van der Waals surface area contributed by atoms with Crippen LogP contribution >= 0.6 is 0 Å². The molecular weight excluding hydrogens is 841 g/mol. The highest BCUT2D eigenvalue weighted by Crippen LogP contribution is 2.16. The summed E-state index contributed by atoms with van der Waals surface area (Å²) in [6, 6.07) is 0. The summed E-state index contributed by atoms with van der Waals surface area (Å²) in [5, 5.41) is 0. The van der Waals surface area contributed by atoms with Gasteiger partial charge in [0.05, 0.1) is 0 Å². The minimum absolute atomic E-state index is 0.0707. The van der Waals surface area contributed by atoms with Gasteiger partial charge in [-0.25, -0.2) is 0 Å². The molecule has 1 unspecified atom stereocenters. The van der Waals surface area contributed by atoms with E-state index in [1.54, 1.807) is 0 Å². The van der Waals surface area contributed by atoms with Crippen LogP contribution in [0.1, 0.15) is 323 Å². The van der Waals surface area contributed by atoms with Gasteiger partial charge in [-0.2, -0.15) is 0 Å². The van der Waals surface area contributed by atoms with E-state index in [0.29, 0.717) is 19.3 Å². The first-order valence-corrected chi connectivity index (χ1v) is 30.0. The van der Waals surface area contributed by atoms with Gasteiger partial charge in [0, 0.05) is 19.3 Å². The lowest BCUT2D eigenvalue weighted by atomic mass is 10.1. The topological polar surface area (TPSA) is 78.9 Å². The first kappa shape index (κ1) is 65.6. The normalized spacial score (nSPS) is 12.2. The van der Waals surface area contributed by atoms with Crippen LogP contribution in [-0.4, -0.2) is 37.2 Å². The summed E-state index contributed by atoms with van der Waals surface area (Å²) in [6.45, 7) is 6.65. The Hall–Kier alpha value is -2.37. The smallest absolute Gasteiger partial charge is 0.306 e. The predicted octanol–water partition coefficient (Wildman–Crippen LogP) is 20.0. The van der Waals surface area contributed by atoms with Crippen molar-refractivity contribution in [3.63, 3.8) is 0 Å². The van der Waals surface area contributed by atoms with E-state index < -0.39 is 6.10 Å². The summed E-state index contributed by atoms with van der Waals surface area (Å²) < 4.78 is 16.9. The summed E-state index contributed by atoms with van der Waals surface area (Å²) in [4.78, 5) is 38.1. The Balaban J connectivity index is 4.26. The lowest BCUT2D eigenvalue weighted by Crippen LogP contribution is -2.30. The largest absolute Gasteiger partial charge is 0.462 e. The molecule has 0 saturated heterocycles. The molecule has 0 aliphatic heterocycles. The van der Waals surface area contributed by atoms with Gasteiger partial charge in [-0.3, -0.25) is 14.4 Å². The summed E-state index contributed by atoms with van der Waals surface area (Å²) in [7, 11) is 0. The molecule has 1 atom stereocenters. The first-order valence-electron chi connectivity index (χ1n) is 30.0. The fourth-order valence-electron chi connectivity index (χ4n) is 8.82. The highest BCUT2D eigenvalue weighted by molar-refractivity contribution is 5.71. The van der Waals surface area contributed by atoms with Crippen LogP contribution in [0.3, 0.4) is 0 Å². The number of unbranched alkanes of at least 4 members (excludes halogenated alkanes) is 38. The molecule has 0 aromatic heterocycles. The van der Waals surface area contributed by atoms with Crippen molar-refractivity contribution in [2.24, 2.45) is 0 Å². The van der Waals surface area contributed by atoms with Gasteiger partial charge in [0.15, 0.2) is 6.10 Å². The molecule has 0 radical (unpaired) electrons. The van der Waals surface area contributed by atoms with Crippen molar-refractivity contribution < 1.29 is 28.6 Å². The quantitative estimate of drug-likeness (QED) is 0.0262. The average molecular weight is 956 g/mol. The van der Waals surface area contributed by atoms with Gasteiger partial charge in [0.2, 0.25) is 0 Å². The monoisotopic (exact) mass is 955 g/mol. The molecule has 0 aromatic rings. The van der Waals surface area contributed by atoms with Crippen molar-refractivity contribution in [3.8, 4) is 0 Å². The standard InChI is InChI=1S/C62H114O6/c1-4-7-10-13-16-19-22-24-26-28-30-31-33-34-36-38-40-43-46-49-52-55-61(64)67-58-59(57-66-60(63)54-51-48-45-42-21-18-15-12-9-6-3)68-62(65)56-53-50-47-44-41-39-37-35-32-29-27-25-23-20-17-14-11-8-5-2/h22,24-25,27-28,30,59H,4-21,23,26,29,31-58H2,1-3H3/b24-22-,27-25-,30-28-. The predicted molar refractivity (Wildman–Crippen MR) is 293 cm³/mol. The summed E-state index contributed by atoms with van der Waals surface area (Å²) in [5.41, 5.74) is 0. The summed E-state index contributed by atoms with van der Waals surface area (Å²) in [5.74, 6) is -0.861. The second-order valence-electron chi connectivity index (χ2n) is 20.3. The molecule has 68 heavy (non-hydrogen) atoms.